The van der Waals surface area contributed by atoms with Crippen LogP contribution in [0.4, 0.5) is 5.69 Å². The topological polar surface area (TPSA) is 94.3 Å². The maximum atomic E-state index is 11.5. The number of hydrogen-bond acceptors (Lipinski definition) is 5. The van der Waals surface area contributed by atoms with E-state index in [4.69, 9.17) is 11.6 Å². The first-order valence-electron chi connectivity index (χ1n) is 4.89. The number of nitro groups is 1. The Morgan fingerprint density at radius 3 is 2.33 bits per heavy atom. The summed E-state index contributed by atoms with van der Waals surface area (Å²) in [5.41, 5.74) is -0.321. The molecule has 0 aromatic heterocycles. The number of hydrogen-bond donors (Lipinski definition) is 0. The summed E-state index contributed by atoms with van der Waals surface area (Å²) < 4.78 is 23.0. The van der Waals surface area contributed by atoms with Crippen molar-refractivity contribution in [3.8, 4) is 0 Å². The smallest absolute Gasteiger partial charge is 0.276 e. The maximum Gasteiger partial charge on any atom is 0.288 e. The van der Waals surface area contributed by atoms with E-state index >= 15 is 0 Å². The molecule has 1 aromatic carbocycles. The molecule has 0 saturated heterocycles. The van der Waals surface area contributed by atoms with Crippen molar-refractivity contribution < 1.29 is 18.1 Å². The predicted octanol–water partition coefficient (Wildman–Crippen LogP) is 1.94. The summed E-state index contributed by atoms with van der Waals surface area (Å²) in [6.07, 6.45) is 1.21. The molecule has 0 unspecified atom stereocenters. The third-order valence-electron chi connectivity index (χ3n) is 2.37. The molecule has 0 N–H and O–H groups in total. The minimum Gasteiger partial charge on any atom is -0.276 e. The van der Waals surface area contributed by atoms with Crippen molar-refractivity contribution in [3.63, 3.8) is 0 Å². The van der Waals surface area contributed by atoms with E-state index in [2.05, 4.69) is 0 Å². The van der Waals surface area contributed by atoms with E-state index < -0.39 is 30.6 Å². The number of nitrogens with zero attached hydrogens (tertiary/aromatic N) is 1. The van der Waals surface area contributed by atoms with Gasteiger partial charge in [0.05, 0.1) is 4.92 Å². The van der Waals surface area contributed by atoms with Gasteiger partial charge < -0.3 is 0 Å². The molecule has 0 aliphatic heterocycles. The lowest BCUT2D eigenvalue weighted by Gasteiger charge is -2.07. The van der Waals surface area contributed by atoms with E-state index in [1.807, 2.05) is 0 Å². The molecule has 98 valence electrons. The number of benzene rings is 1. The van der Waals surface area contributed by atoms with Gasteiger partial charge in [0.1, 0.15) is 4.90 Å². The number of rotatable bonds is 4. The van der Waals surface area contributed by atoms with Gasteiger partial charge in [0, 0.05) is 17.9 Å². The molecule has 1 rings (SSSR count). The van der Waals surface area contributed by atoms with E-state index in [1.54, 1.807) is 6.92 Å². The van der Waals surface area contributed by atoms with Gasteiger partial charge >= 0.3 is 0 Å². The van der Waals surface area contributed by atoms with Gasteiger partial charge in [0.2, 0.25) is 0 Å². The standard InChI is InChI=1S/C10H10ClNO5S/c1-3-6-4-9(18(2,16)17)8(12(14)15)5-7(6)10(11)13/h4-5H,3H2,1-2H3. The molecule has 0 fully saturated rings. The Bertz CT molecular complexity index is 623. The van der Waals surface area contributed by atoms with Crippen LogP contribution < -0.4 is 0 Å². The van der Waals surface area contributed by atoms with Crippen LogP contribution in [0.1, 0.15) is 22.8 Å². The van der Waals surface area contributed by atoms with Gasteiger partial charge in [-0.1, -0.05) is 6.92 Å². The molecule has 0 spiro atoms. The summed E-state index contributed by atoms with van der Waals surface area (Å²) in [5.74, 6) is 0. The Labute approximate surface area is 109 Å². The Morgan fingerprint density at radius 1 is 1.44 bits per heavy atom. The minimum atomic E-state index is -3.75. The predicted molar refractivity (Wildman–Crippen MR) is 65.8 cm³/mol. The minimum absolute atomic E-state index is 0.0433. The van der Waals surface area contributed by atoms with Gasteiger partial charge in [-0.2, -0.15) is 0 Å². The lowest BCUT2D eigenvalue weighted by Crippen LogP contribution is -2.07. The van der Waals surface area contributed by atoms with Crippen LogP contribution in [-0.2, 0) is 16.3 Å². The summed E-state index contributed by atoms with van der Waals surface area (Å²) in [6.45, 7) is 1.69. The zero-order valence-electron chi connectivity index (χ0n) is 9.64. The van der Waals surface area contributed by atoms with Crippen molar-refractivity contribution in [1.82, 2.24) is 0 Å². The molecule has 6 nitrogen and oxygen atoms in total. The average molecular weight is 292 g/mol. The van der Waals surface area contributed by atoms with E-state index in [-0.39, 0.29) is 5.56 Å². The molecule has 0 atom stereocenters. The molecule has 0 radical (unpaired) electrons. The van der Waals surface area contributed by atoms with E-state index in [1.165, 1.54) is 0 Å². The monoisotopic (exact) mass is 291 g/mol. The molecule has 0 amide bonds. The molecule has 8 heteroatoms. The summed E-state index contributed by atoms with van der Waals surface area (Å²) >= 11 is 5.32. The van der Waals surface area contributed by atoms with Crippen LogP contribution in [0.5, 0.6) is 0 Å². The lowest BCUT2D eigenvalue weighted by atomic mass is 10.1. The molecule has 18 heavy (non-hydrogen) atoms. The molecule has 1 aromatic rings. The summed E-state index contributed by atoms with van der Waals surface area (Å²) in [6, 6.07) is 2.04. The average Bonchev–Trinajstić information content (AvgIpc) is 2.25. The summed E-state index contributed by atoms with van der Waals surface area (Å²) in [4.78, 5) is 20.7. The highest BCUT2D eigenvalue weighted by Gasteiger charge is 2.26. The summed E-state index contributed by atoms with van der Waals surface area (Å²) in [7, 11) is -3.75. The normalized spacial score (nSPS) is 11.3. The number of carbonyl (C=O) groups is 1. The van der Waals surface area contributed by atoms with Gasteiger partial charge in [-0.05, 0) is 29.7 Å². The number of sulfone groups is 1. The van der Waals surface area contributed by atoms with Crippen molar-refractivity contribution in [1.29, 1.82) is 0 Å². The van der Waals surface area contributed by atoms with Gasteiger partial charge in [0.15, 0.2) is 9.84 Å². The van der Waals surface area contributed by atoms with Crippen molar-refractivity contribution in [2.75, 3.05) is 6.26 Å². The first-order valence-corrected chi connectivity index (χ1v) is 7.16. The Hall–Kier alpha value is -1.47. The summed E-state index contributed by atoms with van der Waals surface area (Å²) in [5, 5.41) is 9.98. The second-order valence-electron chi connectivity index (χ2n) is 3.63. The van der Waals surface area contributed by atoms with Crippen LogP contribution in [0, 0.1) is 10.1 Å². The molecule has 0 heterocycles. The van der Waals surface area contributed by atoms with Crippen LogP contribution in [0.15, 0.2) is 17.0 Å². The van der Waals surface area contributed by atoms with Gasteiger partial charge in [-0.3, -0.25) is 14.9 Å². The van der Waals surface area contributed by atoms with E-state index in [0.29, 0.717) is 12.0 Å². The lowest BCUT2D eigenvalue weighted by molar-refractivity contribution is -0.387. The highest BCUT2D eigenvalue weighted by molar-refractivity contribution is 7.90. The first-order chi connectivity index (χ1) is 8.18. The SMILES string of the molecule is CCc1cc(S(C)(=O)=O)c([N+](=O)[O-])cc1C(=O)Cl. The quantitative estimate of drug-likeness (QED) is 0.480. The molecule has 0 saturated carbocycles. The largest absolute Gasteiger partial charge is 0.288 e. The fourth-order valence-electron chi connectivity index (χ4n) is 1.53. The van der Waals surface area contributed by atoms with E-state index in [9.17, 15) is 23.3 Å². The molecule has 0 aliphatic carbocycles. The zero-order chi connectivity index (χ0) is 14.1. The number of carbonyl (C=O) groups excluding carboxylic acids is 1. The third-order valence-corrected chi connectivity index (χ3v) is 3.70. The highest BCUT2D eigenvalue weighted by atomic mass is 35.5. The Kier molecular flexibility index (Phi) is 4.08. The van der Waals surface area contributed by atoms with E-state index in [0.717, 1.165) is 18.4 Å². The molecule has 0 aliphatic rings. The second-order valence-corrected chi connectivity index (χ2v) is 5.96. The Morgan fingerprint density at radius 2 is 2.00 bits per heavy atom. The third kappa shape index (κ3) is 2.85. The molecule has 0 bridgehead atoms. The van der Waals surface area contributed by atoms with Crippen LogP contribution >= 0.6 is 11.6 Å². The highest BCUT2D eigenvalue weighted by Crippen LogP contribution is 2.29. The fourth-order valence-corrected chi connectivity index (χ4v) is 2.57. The van der Waals surface area contributed by atoms with Crippen LogP contribution in [-0.4, -0.2) is 24.8 Å². The number of nitro benzene ring substituents is 1. The second kappa shape index (κ2) is 5.03. The Balaban J connectivity index is 3.74. The van der Waals surface area contributed by atoms with Crippen LogP contribution in [0.2, 0.25) is 0 Å². The van der Waals surface area contributed by atoms with Crippen LogP contribution in [0.3, 0.4) is 0 Å². The van der Waals surface area contributed by atoms with Crippen LogP contribution in [0.25, 0.3) is 0 Å². The van der Waals surface area contributed by atoms with Gasteiger partial charge in [-0.15, -0.1) is 0 Å². The number of aryl methyl sites for hydroxylation is 1. The van der Waals surface area contributed by atoms with Gasteiger partial charge in [0.25, 0.3) is 10.9 Å². The van der Waals surface area contributed by atoms with Crippen molar-refractivity contribution in [2.45, 2.75) is 18.2 Å². The fraction of sp³-hybridized carbons (Fsp3) is 0.300. The van der Waals surface area contributed by atoms with Crippen molar-refractivity contribution in [3.05, 3.63) is 33.4 Å². The maximum absolute atomic E-state index is 11.5. The molecular formula is C10H10ClNO5S. The van der Waals surface area contributed by atoms with Crippen molar-refractivity contribution in [2.24, 2.45) is 0 Å². The number of halogens is 1. The first kappa shape index (κ1) is 14.6. The molecular weight excluding hydrogens is 282 g/mol. The van der Waals surface area contributed by atoms with Gasteiger partial charge in [-0.25, -0.2) is 8.42 Å². The zero-order valence-corrected chi connectivity index (χ0v) is 11.2. The van der Waals surface area contributed by atoms with Crippen molar-refractivity contribution >= 4 is 32.4 Å².